The molecule has 1 heterocycles. The van der Waals surface area contributed by atoms with Crippen molar-refractivity contribution >= 4 is 23.1 Å². The average Bonchev–Trinajstić information content (AvgIpc) is 2.89. The largest absolute Gasteiger partial charge is 0.376 e. The zero-order chi connectivity index (χ0) is 13.7. The van der Waals surface area contributed by atoms with E-state index in [2.05, 4.69) is 10.3 Å². The minimum Gasteiger partial charge on any atom is -0.376 e. The summed E-state index contributed by atoms with van der Waals surface area (Å²) < 4.78 is 5.66. The van der Waals surface area contributed by atoms with Crippen molar-refractivity contribution in [2.75, 3.05) is 18.5 Å². The van der Waals surface area contributed by atoms with Gasteiger partial charge in [0.15, 0.2) is 0 Å². The number of nitrogens with zero attached hydrogens (tertiary/aromatic N) is 2. The fourth-order valence-corrected chi connectivity index (χ4v) is 2.31. The van der Waals surface area contributed by atoms with E-state index in [1.165, 1.54) is 25.1 Å². The van der Waals surface area contributed by atoms with Gasteiger partial charge in [-0.1, -0.05) is 24.4 Å². The molecule has 6 nitrogen and oxygen atoms in total. The van der Waals surface area contributed by atoms with E-state index < -0.39 is 4.92 Å². The fraction of sp³-hybridized carbons (Fsp3) is 0.583. The molecule has 0 aromatic carbocycles. The highest BCUT2D eigenvalue weighted by atomic mass is 35.5. The van der Waals surface area contributed by atoms with Crippen LogP contribution in [-0.2, 0) is 4.74 Å². The van der Waals surface area contributed by atoms with Crippen molar-refractivity contribution in [3.8, 4) is 0 Å². The molecule has 1 aromatic rings. The minimum atomic E-state index is -0.501. The minimum absolute atomic E-state index is 0.117. The molecule has 2 rings (SSSR count). The Balaban J connectivity index is 1.83. The maximum Gasteiger partial charge on any atom is 0.312 e. The van der Waals surface area contributed by atoms with Gasteiger partial charge in [0.25, 0.3) is 0 Å². The van der Waals surface area contributed by atoms with Crippen molar-refractivity contribution in [3.63, 3.8) is 0 Å². The van der Waals surface area contributed by atoms with Crippen LogP contribution in [0.4, 0.5) is 11.5 Å². The molecular formula is C12H16ClN3O3. The Labute approximate surface area is 116 Å². The summed E-state index contributed by atoms with van der Waals surface area (Å²) in [5.41, 5.74) is -0.117. The zero-order valence-electron chi connectivity index (χ0n) is 10.5. The van der Waals surface area contributed by atoms with Crippen LogP contribution >= 0.6 is 11.6 Å². The molecule has 1 N–H and O–H groups in total. The van der Waals surface area contributed by atoms with Crippen LogP contribution in [-0.4, -0.2) is 29.2 Å². The molecule has 19 heavy (non-hydrogen) atoms. The van der Waals surface area contributed by atoms with Gasteiger partial charge < -0.3 is 10.1 Å². The molecule has 0 bridgehead atoms. The first kappa shape index (κ1) is 14.0. The smallest absolute Gasteiger partial charge is 0.312 e. The summed E-state index contributed by atoms with van der Waals surface area (Å²) in [5, 5.41) is 14.0. The van der Waals surface area contributed by atoms with Gasteiger partial charge >= 0.3 is 5.69 Å². The van der Waals surface area contributed by atoms with E-state index in [-0.39, 0.29) is 16.5 Å². The number of halogens is 1. The van der Waals surface area contributed by atoms with E-state index >= 15 is 0 Å². The number of hydrogen-bond donors (Lipinski definition) is 1. The molecule has 0 unspecified atom stereocenters. The summed E-state index contributed by atoms with van der Waals surface area (Å²) in [5.74, 6) is 0.226. The van der Waals surface area contributed by atoms with Gasteiger partial charge in [-0.3, -0.25) is 10.1 Å². The first-order valence-corrected chi connectivity index (χ1v) is 6.70. The lowest BCUT2D eigenvalue weighted by Crippen LogP contribution is -2.16. The first-order valence-electron chi connectivity index (χ1n) is 6.32. The lowest BCUT2D eigenvalue weighted by Gasteiger charge is -2.11. The van der Waals surface area contributed by atoms with Crippen molar-refractivity contribution in [1.29, 1.82) is 0 Å². The van der Waals surface area contributed by atoms with Crippen molar-refractivity contribution in [1.82, 2.24) is 4.98 Å². The lowest BCUT2D eigenvalue weighted by atomic mass is 10.3. The van der Waals surface area contributed by atoms with Crippen LogP contribution in [0.3, 0.4) is 0 Å². The van der Waals surface area contributed by atoms with Crippen LogP contribution in [0.5, 0.6) is 0 Å². The second-order valence-corrected chi connectivity index (χ2v) is 4.92. The van der Waals surface area contributed by atoms with Gasteiger partial charge in [0, 0.05) is 18.8 Å². The molecule has 1 aliphatic rings. The molecule has 1 fully saturated rings. The lowest BCUT2D eigenvalue weighted by molar-refractivity contribution is -0.384. The van der Waals surface area contributed by atoms with Crippen molar-refractivity contribution < 1.29 is 9.66 Å². The Morgan fingerprint density at radius 2 is 2.26 bits per heavy atom. The van der Waals surface area contributed by atoms with Gasteiger partial charge in [0.1, 0.15) is 0 Å². The number of anilines is 1. The van der Waals surface area contributed by atoms with E-state index in [4.69, 9.17) is 16.3 Å². The maximum absolute atomic E-state index is 10.9. The molecule has 0 amide bonds. The normalized spacial score (nSPS) is 15.6. The second kappa shape index (κ2) is 6.68. The summed E-state index contributed by atoms with van der Waals surface area (Å²) in [4.78, 5) is 14.3. The van der Waals surface area contributed by atoms with Gasteiger partial charge in [0.2, 0.25) is 5.82 Å². The average molecular weight is 286 g/mol. The standard InChI is InChI=1S/C12H16ClN3O3/c13-9-7-11(16(17)18)12(15-8-9)14-5-6-19-10-3-1-2-4-10/h7-8,10H,1-6H2,(H,14,15). The summed E-state index contributed by atoms with van der Waals surface area (Å²) in [6, 6.07) is 1.29. The Morgan fingerprint density at radius 3 is 2.95 bits per heavy atom. The number of hydrogen-bond acceptors (Lipinski definition) is 5. The number of ether oxygens (including phenoxy) is 1. The van der Waals surface area contributed by atoms with Gasteiger partial charge in [-0.2, -0.15) is 0 Å². The quantitative estimate of drug-likeness (QED) is 0.494. The summed E-state index contributed by atoms with van der Waals surface area (Å²) >= 11 is 5.69. The Hall–Kier alpha value is -1.40. The molecule has 0 atom stereocenters. The van der Waals surface area contributed by atoms with Crippen LogP contribution in [0.1, 0.15) is 25.7 Å². The molecule has 0 aliphatic heterocycles. The van der Waals surface area contributed by atoms with Gasteiger partial charge in [-0.05, 0) is 12.8 Å². The highest BCUT2D eigenvalue weighted by Gasteiger charge is 2.17. The number of nitrogens with one attached hydrogen (secondary N) is 1. The second-order valence-electron chi connectivity index (χ2n) is 4.48. The highest BCUT2D eigenvalue weighted by molar-refractivity contribution is 6.30. The van der Waals surface area contributed by atoms with E-state index in [9.17, 15) is 10.1 Å². The monoisotopic (exact) mass is 285 g/mol. The maximum atomic E-state index is 10.9. The van der Waals surface area contributed by atoms with E-state index in [1.54, 1.807) is 0 Å². The number of nitro groups is 1. The molecule has 7 heteroatoms. The number of rotatable bonds is 6. The molecule has 1 saturated carbocycles. The van der Waals surface area contributed by atoms with Crippen LogP contribution in [0.25, 0.3) is 0 Å². The van der Waals surface area contributed by atoms with Crippen LogP contribution < -0.4 is 5.32 Å². The van der Waals surface area contributed by atoms with Crippen molar-refractivity contribution in [3.05, 3.63) is 27.4 Å². The summed E-state index contributed by atoms with van der Waals surface area (Å²) in [6.07, 6.45) is 6.40. The molecule has 1 aromatic heterocycles. The number of aromatic nitrogens is 1. The molecule has 104 valence electrons. The van der Waals surface area contributed by atoms with Crippen LogP contribution in [0.2, 0.25) is 5.02 Å². The molecular weight excluding hydrogens is 270 g/mol. The van der Waals surface area contributed by atoms with Gasteiger partial charge in [0.05, 0.1) is 22.7 Å². The zero-order valence-corrected chi connectivity index (χ0v) is 11.2. The Kier molecular flexibility index (Phi) is 4.93. The molecule has 0 saturated heterocycles. The number of pyridine rings is 1. The predicted octanol–water partition coefficient (Wildman–Crippen LogP) is 3.01. The molecule has 0 radical (unpaired) electrons. The van der Waals surface area contributed by atoms with E-state index in [0.29, 0.717) is 19.3 Å². The van der Waals surface area contributed by atoms with E-state index in [0.717, 1.165) is 12.8 Å². The Morgan fingerprint density at radius 1 is 1.53 bits per heavy atom. The van der Waals surface area contributed by atoms with Crippen LogP contribution in [0, 0.1) is 10.1 Å². The summed E-state index contributed by atoms with van der Waals surface area (Å²) in [6.45, 7) is 1.01. The first-order chi connectivity index (χ1) is 9.16. The van der Waals surface area contributed by atoms with E-state index in [1.807, 2.05) is 0 Å². The summed E-state index contributed by atoms with van der Waals surface area (Å²) in [7, 11) is 0. The third-order valence-corrected chi connectivity index (χ3v) is 3.29. The van der Waals surface area contributed by atoms with Crippen LogP contribution in [0.15, 0.2) is 12.3 Å². The topological polar surface area (TPSA) is 77.3 Å². The van der Waals surface area contributed by atoms with Crippen molar-refractivity contribution in [2.24, 2.45) is 0 Å². The van der Waals surface area contributed by atoms with Gasteiger partial charge in [-0.15, -0.1) is 0 Å². The van der Waals surface area contributed by atoms with Crippen molar-refractivity contribution in [2.45, 2.75) is 31.8 Å². The third kappa shape index (κ3) is 4.04. The predicted molar refractivity (Wildman–Crippen MR) is 72.6 cm³/mol. The fourth-order valence-electron chi connectivity index (χ4n) is 2.15. The SMILES string of the molecule is O=[N+]([O-])c1cc(Cl)cnc1NCCOC1CCCC1. The molecule has 1 aliphatic carbocycles. The molecule has 0 spiro atoms. The van der Waals surface area contributed by atoms with Gasteiger partial charge in [-0.25, -0.2) is 4.98 Å². The third-order valence-electron chi connectivity index (χ3n) is 3.08. The Bertz CT molecular complexity index is 450. The highest BCUT2D eigenvalue weighted by Crippen LogP contribution is 2.25.